The highest BCUT2D eigenvalue weighted by atomic mass is 16.4. The minimum atomic E-state index is -0.849. The maximum absolute atomic E-state index is 12.1. The molecule has 0 aliphatic heterocycles. The molecule has 20 heavy (non-hydrogen) atoms. The summed E-state index contributed by atoms with van der Waals surface area (Å²) in [6.45, 7) is 2.56. The molecule has 1 saturated carbocycles. The number of carboxylic acids is 1. The zero-order chi connectivity index (χ0) is 14.5. The van der Waals surface area contributed by atoms with E-state index in [1.165, 1.54) is 5.56 Å². The fraction of sp³-hybridized carbons (Fsp3) is 0.500. The molecule has 0 saturated heterocycles. The third kappa shape index (κ3) is 3.59. The topological polar surface area (TPSA) is 66.4 Å². The van der Waals surface area contributed by atoms with E-state index in [0.29, 0.717) is 25.3 Å². The second-order valence-corrected chi connectivity index (χ2v) is 5.65. The fourth-order valence-electron chi connectivity index (χ4n) is 2.96. The van der Waals surface area contributed by atoms with Crippen LogP contribution in [0.4, 0.5) is 0 Å². The van der Waals surface area contributed by atoms with Crippen LogP contribution in [0, 0.1) is 17.8 Å². The lowest BCUT2D eigenvalue weighted by atomic mass is 9.95. The highest BCUT2D eigenvalue weighted by Gasteiger charge is 2.40. The van der Waals surface area contributed by atoms with Crippen molar-refractivity contribution < 1.29 is 14.7 Å². The van der Waals surface area contributed by atoms with E-state index in [9.17, 15) is 14.7 Å². The van der Waals surface area contributed by atoms with Crippen LogP contribution >= 0.6 is 0 Å². The average Bonchev–Trinajstić information content (AvgIpc) is 2.82. The normalized spacial score (nSPS) is 25.4. The maximum Gasteiger partial charge on any atom is 0.307 e. The number of benzene rings is 1. The van der Waals surface area contributed by atoms with Crippen molar-refractivity contribution >= 4 is 11.9 Å². The molecule has 1 fully saturated rings. The lowest BCUT2D eigenvalue weighted by Gasteiger charge is -2.15. The summed E-state index contributed by atoms with van der Waals surface area (Å²) >= 11 is 0. The van der Waals surface area contributed by atoms with Crippen LogP contribution in [0.2, 0.25) is 0 Å². The summed E-state index contributed by atoms with van der Waals surface area (Å²) in [7, 11) is 0. The number of nitrogens with one attached hydrogen (secondary N) is 1. The molecule has 4 nitrogen and oxygen atoms in total. The van der Waals surface area contributed by atoms with Gasteiger partial charge >= 0.3 is 5.97 Å². The van der Waals surface area contributed by atoms with Gasteiger partial charge in [-0.05, 0) is 30.7 Å². The molecule has 1 aromatic carbocycles. The largest absolute Gasteiger partial charge is 0.481 e. The van der Waals surface area contributed by atoms with Crippen LogP contribution in [0.1, 0.15) is 25.3 Å². The van der Waals surface area contributed by atoms with Gasteiger partial charge in [0.05, 0.1) is 11.8 Å². The van der Waals surface area contributed by atoms with E-state index in [2.05, 4.69) is 5.32 Å². The molecule has 0 heterocycles. The number of rotatable bonds is 5. The van der Waals surface area contributed by atoms with Gasteiger partial charge in [0.25, 0.3) is 0 Å². The molecular weight excluding hydrogens is 254 g/mol. The minimum Gasteiger partial charge on any atom is -0.481 e. The molecule has 2 rings (SSSR count). The Labute approximate surface area is 119 Å². The SMILES string of the molecule is CC1C[C@H](C(=O)NCCc2ccccc2)[C@H](C(=O)O)C1. The van der Waals surface area contributed by atoms with Crippen LogP contribution in [0.15, 0.2) is 30.3 Å². The van der Waals surface area contributed by atoms with Gasteiger partial charge in [-0.2, -0.15) is 0 Å². The summed E-state index contributed by atoms with van der Waals surface area (Å²) in [6.07, 6.45) is 2.05. The summed E-state index contributed by atoms with van der Waals surface area (Å²) in [6, 6.07) is 9.93. The van der Waals surface area contributed by atoms with Gasteiger partial charge in [-0.25, -0.2) is 0 Å². The molecular formula is C16H21NO3. The monoisotopic (exact) mass is 275 g/mol. The molecule has 1 unspecified atom stereocenters. The molecule has 4 heteroatoms. The number of hydrogen-bond donors (Lipinski definition) is 2. The highest BCUT2D eigenvalue weighted by molar-refractivity contribution is 5.85. The third-order valence-electron chi connectivity index (χ3n) is 4.01. The predicted molar refractivity (Wildman–Crippen MR) is 76.2 cm³/mol. The van der Waals surface area contributed by atoms with Gasteiger partial charge in [0.15, 0.2) is 0 Å². The standard InChI is InChI=1S/C16H21NO3/c1-11-9-13(14(10-11)16(19)20)15(18)17-8-7-12-5-3-2-4-6-12/h2-6,11,13-14H,7-10H2,1H3,(H,17,18)(H,19,20)/t11?,13-,14+/m0/s1. The number of aliphatic carboxylic acids is 1. The highest BCUT2D eigenvalue weighted by Crippen LogP contribution is 2.36. The molecule has 2 N–H and O–H groups in total. The Morgan fingerprint density at radius 3 is 2.50 bits per heavy atom. The van der Waals surface area contributed by atoms with Crippen LogP contribution in [0.5, 0.6) is 0 Å². The summed E-state index contributed by atoms with van der Waals surface area (Å²) < 4.78 is 0. The van der Waals surface area contributed by atoms with E-state index in [-0.39, 0.29) is 11.8 Å². The molecule has 0 aromatic heterocycles. The third-order valence-corrected chi connectivity index (χ3v) is 4.01. The zero-order valence-corrected chi connectivity index (χ0v) is 11.7. The lowest BCUT2D eigenvalue weighted by molar-refractivity contribution is -0.146. The average molecular weight is 275 g/mol. The Morgan fingerprint density at radius 2 is 1.85 bits per heavy atom. The molecule has 1 amide bonds. The van der Waals surface area contributed by atoms with Crippen LogP contribution < -0.4 is 5.32 Å². The number of carbonyl (C=O) groups is 2. The van der Waals surface area contributed by atoms with Gasteiger partial charge in [-0.3, -0.25) is 9.59 Å². The lowest BCUT2D eigenvalue weighted by Crippen LogP contribution is -2.36. The zero-order valence-electron chi connectivity index (χ0n) is 11.7. The van der Waals surface area contributed by atoms with Gasteiger partial charge in [0, 0.05) is 6.54 Å². The van der Waals surface area contributed by atoms with Crippen LogP contribution in [0.3, 0.4) is 0 Å². The van der Waals surface area contributed by atoms with Gasteiger partial charge in [0.2, 0.25) is 5.91 Å². The number of carbonyl (C=O) groups excluding carboxylic acids is 1. The van der Waals surface area contributed by atoms with Crippen LogP contribution in [-0.4, -0.2) is 23.5 Å². The summed E-state index contributed by atoms with van der Waals surface area (Å²) in [5, 5.41) is 12.0. The van der Waals surface area contributed by atoms with Crippen molar-refractivity contribution in [2.45, 2.75) is 26.2 Å². The predicted octanol–water partition coefficient (Wildman–Crippen LogP) is 2.09. The maximum atomic E-state index is 12.1. The first-order valence-corrected chi connectivity index (χ1v) is 7.12. The summed E-state index contributed by atoms with van der Waals surface area (Å²) in [5.41, 5.74) is 1.17. The molecule has 3 atom stereocenters. The Hall–Kier alpha value is -1.84. The summed E-state index contributed by atoms with van der Waals surface area (Å²) in [4.78, 5) is 23.3. The van der Waals surface area contributed by atoms with Gasteiger partial charge in [-0.15, -0.1) is 0 Å². The van der Waals surface area contributed by atoms with E-state index in [0.717, 1.165) is 6.42 Å². The van der Waals surface area contributed by atoms with Crippen molar-refractivity contribution in [2.24, 2.45) is 17.8 Å². The molecule has 0 bridgehead atoms. The van der Waals surface area contributed by atoms with Gasteiger partial charge < -0.3 is 10.4 Å². The van der Waals surface area contributed by atoms with Gasteiger partial charge in [0.1, 0.15) is 0 Å². The first-order chi connectivity index (χ1) is 9.58. The molecule has 1 aliphatic rings. The van der Waals surface area contributed by atoms with E-state index in [4.69, 9.17) is 0 Å². The van der Waals surface area contributed by atoms with Crippen molar-refractivity contribution in [2.75, 3.05) is 6.54 Å². The van der Waals surface area contributed by atoms with Crippen molar-refractivity contribution in [1.82, 2.24) is 5.32 Å². The van der Waals surface area contributed by atoms with E-state index < -0.39 is 11.9 Å². The van der Waals surface area contributed by atoms with Gasteiger partial charge in [-0.1, -0.05) is 37.3 Å². The van der Waals surface area contributed by atoms with Crippen molar-refractivity contribution in [1.29, 1.82) is 0 Å². The molecule has 108 valence electrons. The van der Waals surface area contributed by atoms with E-state index in [1.54, 1.807) is 0 Å². The van der Waals surface area contributed by atoms with Crippen molar-refractivity contribution in [3.63, 3.8) is 0 Å². The number of carboxylic acid groups (broad SMARTS) is 1. The Bertz CT molecular complexity index is 472. The number of hydrogen-bond acceptors (Lipinski definition) is 2. The molecule has 0 radical (unpaired) electrons. The molecule has 1 aromatic rings. The summed E-state index contributed by atoms with van der Waals surface area (Å²) in [5.74, 6) is -1.56. The van der Waals surface area contributed by atoms with Crippen LogP contribution in [0.25, 0.3) is 0 Å². The number of amides is 1. The van der Waals surface area contributed by atoms with Crippen LogP contribution in [-0.2, 0) is 16.0 Å². The quantitative estimate of drug-likeness (QED) is 0.864. The van der Waals surface area contributed by atoms with Crippen molar-refractivity contribution in [3.8, 4) is 0 Å². The second kappa shape index (κ2) is 6.55. The first kappa shape index (κ1) is 14.6. The van der Waals surface area contributed by atoms with E-state index in [1.807, 2.05) is 37.3 Å². The Morgan fingerprint density at radius 1 is 1.20 bits per heavy atom. The fourth-order valence-corrected chi connectivity index (χ4v) is 2.96. The Balaban J connectivity index is 1.84. The molecule has 0 spiro atoms. The second-order valence-electron chi connectivity index (χ2n) is 5.65. The van der Waals surface area contributed by atoms with Crippen molar-refractivity contribution in [3.05, 3.63) is 35.9 Å². The minimum absolute atomic E-state index is 0.113. The Kier molecular flexibility index (Phi) is 4.77. The smallest absolute Gasteiger partial charge is 0.307 e. The van der Waals surface area contributed by atoms with E-state index >= 15 is 0 Å². The first-order valence-electron chi connectivity index (χ1n) is 7.12. The molecule has 1 aliphatic carbocycles.